The summed E-state index contributed by atoms with van der Waals surface area (Å²) in [5.41, 5.74) is 3.18. The number of halogens is 1. The Hall–Kier alpha value is -2.20. The second kappa shape index (κ2) is 6.36. The van der Waals surface area contributed by atoms with Crippen LogP contribution in [0.25, 0.3) is 0 Å². The summed E-state index contributed by atoms with van der Waals surface area (Å²) in [6.07, 6.45) is 3.13. The van der Waals surface area contributed by atoms with Gasteiger partial charge in [0.05, 0.1) is 6.54 Å². The van der Waals surface area contributed by atoms with E-state index in [-0.39, 0.29) is 11.2 Å². The molecule has 2 aromatic carbocycles. The molecular formula is C20H22FN3. The number of nitrogens with zero attached hydrogens (tertiary/aromatic N) is 1. The van der Waals surface area contributed by atoms with Crippen molar-refractivity contribution in [3.63, 3.8) is 0 Å². The molecule has 0 aromatic heterocycles. The Morgan fingerprint density at radius 3 is 2.58 bits per heavy atom. The molecule has 1 fully saturated rings. The van der Waals surface area contributed by atoms with Gasteiger partial charge in [-0.25, -0.2) is 4.39 Å². The van der Waals surface area contributed by atoms with E-state index in [1.54, 1.807) is 6.07 Å². The van der Waals surface area contributed by atoms with Crippen molar-refractivity contribution >= 4 is 11.5 Å². The predicted molar refractivity (Wildman–Crippen MR) is 95.8 cm³/mol. The fourth-order valence-electron chi connectivity index (χ4n) is 3.82. The maximum Gasteiger partial charge on any atom is 0.128 e. The number of rotatable bonds is 2. The SMILES string of the molecule is Fc1ccccc1CN=C1Nc2ccccc2CC12CCNCC2. The van der Waals surface area contributed by atoms with Crippen molar-refractivity contribution in [1.29, 1.82) is 0 Å². The number of fused-ring (bicyclic) bond motifs is 1. The van der Waals surface area contributed by atoms with Crippen LogP contribution in [-0.4, -0.2) is 18.9 Å². The van der Waals surface area contributed by atoms with Crippen LogP contribution in [0.3, 0.4) is 0 Å². The molecule has 2 aliphatic heterocycles. The van der Waals surface area contributed by atoms with Crippen molar-refractivity contribution < 1.29 is 4.39 Å². The maximum absolute atomic E-state index is 13.9. The highest BCUT2D eigenvalue weighted by atomic mass is 19.1. The third-order valence-corrected chi connectivity index (χ3v) is 5.23. The van der Waals surface area contributed by atoms with Crippen LogP contribution in [0.15, 0.2) is 53.5 Å². The maximum atomic E-state index is 13.9. The minimum Gasteiger partial charge on any atom is -0.343 e. The Morgan fingerprint density at radius 1 is 1.00 bits per heavy atom. The quantitative estimate of drug-likeness (QED) is 0.883. The Labute approximate surface area is 142 Å². The zero-order valence-corrected chi connectivity index (χ0v) is 13.7. The molecule has 0 saturated carbocycles. The van der Waals surface area contributed by atoms with E-state index in [1.165, 1.54) is 11.6 Å². The molecule has 24 heavy (non-hydrogen) atoms. The lowest BCUT2D eigenvalue weighted by molar-refractivity contribution is 0.293. The number of piperidine rings is 1. The molecule has 0 aliphatic carbocycles. The first-order valence-corrected chi connectivity index (χ1v) is 8.61. The highest BCUT2D eigenvalue weighted by molar-refractivity contribution is 6.02. The van der Waals surface area contributed by atoms with E-state index in [2.05, 4.69) is 28.8 Å². The van der Waals surface area contributed by atoms with Crippen LogP contribution in [0.1, 0.15) is 24.0 Å². The zero-order chi connectivity index (χ0) is 16.4. The van der Waals surface area contributed by atoms with Gasteiger partial charge in [-0.05, 0) is 50.0 Å². The highest BCUT2D eigenvalue weighted by Crippen LogP contribution is 2.40. The summed E-state index contributed by atoms with van der Waals surface area (Å²) in [5.74, 6) is 0.836. The van der Waals surface area contributed by atoms with E-state index in [4.69, 9.17) is 4.99 Å². The van der Waals surface area contributed by atoms with Crippen LogP contribution >= 0.6 is 0 Å². The van der Waals surface area contributed by atoms with Gasteiger partial charge in [0.1, 0.15) is 11.7 Å². The summed E-state index contributed by atoms with van der Waals surface area (Å²) < 4.78 is 13.9. The third-order valence-electron chi connectivity index (χ3n) is 5.23. The zero-order valence-electron chi connectivity index (χ0n) is 13.7. The third kappa shape index (κ3) is 2.82. The van der Waals surface area contributed by atoms with Gasteiger partial charge in [0.25, 0.3) is 0 Å². The van der Waals surface area contributed by atoms with Gasteiger partial charge in [0.2, 0.25) is 0 Å². The van der Waals surface area contributed by atoms with E-state index in [1.807, 2.05) is 18.2 Å². The van der Waals surface area contributed by atoms with Gasteiger partial charge in [-0.1, -0.05) is 36.4 Å². The molecule has 2 N–H and O–H groups in total. The summed E-state index contributed by atoms with van der Waals surface area (Å²) in [6.45, 7) is 2.39. The lowest BCUT2D eigenvalue weighted by atomic mass is 9.71. The van der Waals surface area contributed by atoms with Gasteiger partial charge in [0.15, 0.2) is 0 Å². The van der Waals surface area contributed by atoms with Crippen molar-refractivity contribution in [2.24, 2.45) is 10.4 Å². The molecule has 0 unspecified atom stereocenters. The smallest absolute Gasteiger partial charge is 0.128 e. The van der Waals surface area contributed by atoms with Crippen LogP contribution < -0.4 is 10.6 Å². The lowest BCUT2D eigenvalue weighted by Crippen LogP contribution is -2.48. The molecule has 1 spiro atoms. The molecule has 2 heterocycles. The summed E-state index contributed by atoms with van der Waals surface area (Å²) in [5, 5.41) is 6.99. The minimum absolute atomic E-state index is 0.0465. The molecule has 0 bridgehead atoms. The van der Waals surface area contributed by atoms with Crippen LogP contribution in [-0.2, 0) is 13.0 Å². The Kier molecular flexibility index (Phi) is 4.07. The number of amidine groups is 1. The van der Waals surface area contributed by atoms with Crippen molar-refractivity contribution in [3.05, 3.63) is 65.5 Å². The molecule has 4 heteroatoms. The fraction of sp³-hybridized carbons (Fsp3) is 0.350. The highest BCUT2D eigenvalue weighted by Gasteiger charge is 2.40. The minimum atomic E-state index is -0.183. The number of para-hydroxylation sites is 1. The van der Waals surface area contributed by atoms with Crippen LogP contribution in [0.2, 0.25) is 0 Å². The summed E-state index contributed by atoms with van der Waals surface area (Å²) >= 11 is 0. The first kappa shape index (κ1) is 15.3. The van der Waals surface area contributed by atoms with E-state index in [0.717, 1.165) is 43.9 Å². The number of hydrogen-bond acceptors (Lipinski definition) is 2. The Bertz CT molecular complexity index is 763. The Balaban J connectivity index is 1.68. The number of aliphatic imine (C=N–C) groups is 1. The monoisotopic (exact) mass is 323 g/mol. The Morgan fingerprint density at radius 2 is 1.75 bits per heavy atom. The molecular weight excluding hydrogens is 301 g/mol. The van der Waals surface area contributed by atoms with E-state index in [0.29, 0.717) is 12.1 Å². The fourth-order valence-corrected chi connectivity index (χ4v) is 3.82. The van der Waals surface area contributed by atoms with Gasteiger partial charge in [-0.15, -0.1) is 0 Å². The average molecular weight is 323 g/mol. The predicted octanol–water partition coefficient (Wildman–Crippen LogP) is 3.76. The van der Waals surface area contributed by atoms with Gasteiger partial charge in [-0.3, -0.25) is 4.99 Å². The summed E-state index contributed by atoms with van der Waals surface area (Å²) in [4.78, 5) is 4.83. The van der Waals surface area contributed by atoms with Crippen molar-refractivity contribution in [1.82, 2.24) is 5.32 Å². The van der Waals surface area contributed by atoms with Crippen LogP contribution in [0, 0.1) is 11.2 Å². The molecule has 2 aliphatic rings. The molecule has 0 radical (unpaired) electrons. The molecule has 0 amide bonds. The van der Waals surface area contributed by atoms with E-state index >= 15 is 0 Å². The van der Waals surface area contributed by atoms with Crippen molar-refractivity contribution in [2.75, 3.05) is 18.4 Å². The average Bonchev–Trinajstić information content (AvgIpc) is 2.62. The van der Waals surface area contributed by atoms with Crippen LogP contribution in [0.5, 0.6) is 0 Å². The molecule has 1 saturated heterocycles. The van der Waals surface area contributed by atoms with Gasteiger partial charge in [-0.2, -0.15) is 0 Å². The van der Waals surface area contributed by atoms with Gasteiger partial charge >= 0.3 is 0 Å². The van der Waals surface area contributed by atoms with Crippen molar-refractivity contribution in [2.45, 2.75) is 25.8 Å². The first-order valence-electron chi connectivity index (χ1n) is 8.61. The molecule has 2 aromatic rings. The second-order valence-electron chi connectivity index (χ2n) is 6.75. The molecule has 124 valence electrons. The number of nitrogens with one attached hydrogen (secondary N) is 2. The van der Waals surface area contributed by atoms with Crippen LogP contribution in [0.4, 0.5) is 10.1 Å². The number of anilines is 1. The van der Waals surface area contributed by atoms with E-state index < -0.39 is 0 Å². The second-order valence-corrected chi connectivity index (χ2v) is 6.75. The summed E-state index contributed by atoms with van der Waals surface area (Å²) in [7, 11) is 0. The van der Waals surface area contributed by atoms with E-state index in [9.17, 15) is 4.39 Å². The lowest BCUT2D eigenvalue weighted by Gasteiger charge is -2.42. The number of hydrogen-bond donors (Lipinski definition) is 2. The topological polar surface area (TPSA) is 36.4 Å². The summed E-state index contributed by atoms with van der Waals surface area (Å²) in [6, 6.07) is 15.3. The van der Waals surface area contributed by atoms with Gasteiger partial charge in [0, 0.05) is 16.7 Å². The molecule has 3 nitrogen and oxygen atoms in total. The van der Waals surface area contributed by atoms with Gasteiger partial charge < -0.3 is 10.6 Å². The normalized spacial score (nSPS) is 20.6. The largest absolute Gasteiger partial charge is 0.343 e. The van der Waals surface area contributed by atoms with Crippen molar-refractivity contribution in [3.8, 4) is 0 Å². The standard InChI is InChI=1S/C20H22FN3/c21-17-7-3-1-6-16(17)14-23-19-20(9-11-22-12-10-20)13-15-5-2-4-8-18(15)24-19/h1-8,22H,9-14H2,(H,23,24). The molecule has 4 rings (SSSR count). The molecule has 0 atom stereocenters. The number of benzene rings is 2. The first-order chi connectivity index (χ1) is 11.8.